The molecule has 3 rings (SSSR count). The number of Topliss-reactive ketones (excluding diaryl/α,β-unsaturated/α-hetero) is 1. The van der Waals surface area contributed by atoms with Crippen molar-refractivity contribution in [3.63, 3.8) is 0 Å². The van der Waals surface area contributed by atoms with Crippen molar-refractivity contribution in [1.82, 2.24) is 15.0 Å². The summed E-state index contributed by atoms with van der Waals surface area (Å²) in [4.78, 5) is 24.7. The quantitative estimate of drug-likeness (QED) is 0.669. The van der Waals surface area contributed by atoms with Crippen molar-refractivity contribution in [3.05, 3.63) is 71.7 Å². The smallest absolute Gasteiger partial charge is 0.229 e. The molecule has 126 valence electrons. The summed E-state index contributed by atoms with van der Waals surface area (Å²) in [6, 6.07) is 14.9. The van der Waals surface area contributed by atoms with E-state index in [-0.39, 0.29) is 5.78 Å². The van der Waals surface area contributed by atoms with Gasteiger partial charge in [-0.2, -0.15) is 4.98 Å². The highest BCUT2D eigenvalue weighted by atomic mass is 16.1. The summed E-state index contributed by atoms with van der Waals surface area (Å²) < 4.78 is 0. The maximum absolute atomic E-state index is 11.5. The zero-order valence-electron chi connectivity index (χ0n) is 14.2. The van der Waals surface area contributed by atoms with E-state index in [0.29, 0.717) is 23.9 Å². The molecule has 2 heterocycles. The molecular formula is C19H19N5O. The lowest BCUT2D eigenvalue weighted by atomic mass is 10.1. The topological polar surface area (TPSA) is 79.8 Å². The number of carbonyl (C=O) groups is 1. The number of aryl methyl sites for hydroxylation is 1. The van der Waals surface area contributed by atoms with E-state index < -0.39 is 0 Å². The van der Waals surface area contributed by atoms with Gasteiger partial charge in [0.15, 0.2) is 5.78 Å². The van der Waals surface area contributed by atoms with Crippen LogP contribution in [0.5, 0.6) is 0 Å². The number of pyridine rings is 1. The molecule has 25 heavy (non-hydrogen) atoms. The van der Waals surface area contributed by atoms with Gasteiger partial charge >= 0.3 is 0 Å². The second kappa shape index (κ2) is 7.53. The van der Waals surface area contributed by atoms with Gasteiger partial charge in [-0.1, -0.05) is 18.2 Å². The van der Waals surface area contributed by atoms with E-state index in [4.69, 9.17) is 0 Å². The average Bonchev–Trinajstić information content (AvgIpc) is 2.60. The van der Waals surface area contributed by atoms with Crippen molar-refractivity contribution >= 4 is 23.2 Å². The SMILES string of the molecule is CC(=O)c1cccc(Nc2nc(C)cc(NCc3ccccn3)n2)c1. The Labute approximate surface area is 146 Å². The lowest BCUT2D eigenvalue weighted by molar-refractivity contribution is 0.101. The third-order valence-corrected chi connectivity index (χ3v) is 3.56. The number of nitrogens with one attached hydrogen (secondary N) is 2. The number of hydrogen-bond acceptors (Lipinski definition) is 6. The lowest BCUT2D eigenvalue weighted by Crippen LogP contribution is -2.06. The number of aromatic nitrogens is 3. The predicted octanol–water partition coefficient (Wildman–Crippen LogP) is 3.74. The molecule has 0 spiro atoms. The first kappa shape index (κ1) is 16.6. The Hall–Kier alpha value is -3.28. The van der Waals surface area contributed by atoms with Gasteiger partial charge in [-0.25, -0.2) is 4.98 Å². The molecule has 0 saturated heterocycles. The molecule has 0 saturated carbocycles. The van der Waals surface area contributed by atoms with Gasteiger partial charge in [0.25, 0.3) is 0 Å². The minimum absolute atomic E-state index is 0.0199. The molecule has 0 radical (unpaired) electrons. The van der Waals surface area contributed by atoms with Crippen LogP contribution in [0.2, 0.25) is 0 Å². The summed E-state index contributed by atoms with van der Waals surface area (Å²) in [5.74, 6) is 1.21. The highest BCUT2D eigenvalue weighted by Crippen LogP contribution is 2.17. The van der Waals surface area contributed by atoms with Crippen molar-refractivity contribution < 1.29 is 4.79 Å². The van der Waals surface area contributed by atoms with Crippen LogP contribution in [0.25, 0.3) is 0 Å². The van der Waals surface area contributed by atoms with Crippen LogP contribution >= 0.6 is 0 Å². The van der Waals surface area contributed by atoms with Crippen LogP contribution in [0.3, 0.4) is 0 Å². The van der Waals surface area contributed by atoms with Crippen molar-refractivity contribution in [2.45, 2.75) is 20.4 Å². The molecule has 2 N–H and O–H groups in total. The normalized spacial score (nSPS) is 10.3. The Morgan fingerprint density at radius 3 is 2.72 bits per heavy atom. The van der Waals surface area contributed by atoms with Crippen LogP contribution in [0.1, 0.15) is 28.7 Å². The fraction of sp³-hybridized carbons (Fsp3) is 0.158. The van der Waals surface area contributed by atoms with Crippen molar-refractivity contribution in [2.24, 2.45) is 0 Å². The minimum Gasteiger partial charge on any atom is -0.364 e. The van der Waals surface area contributed by atoms with E-state index in [1.807, 2.05) is 43.3 Å². The summed E-state index contributed by atoms with van der Waals surface area (Å²) >= 11 is 0. The second-order valence-electron chi connectivity index (χ2n) is 5.65. The van der Waals surface area contributed by atoms with Crippen molar-refractivity contribution in [2.75, 3.05) is 10.6 Å². The molecule has 1 aromatic carbocycles. The molecule has 6 nitrogen and oxygen atoms in total. The van der Waals surface area contributed by atoms with Crippen molar-refractivity contribution in [1.29, 1.82) is 0 Å². The largest absolute Gasteiger partial charge is 0.364 e. The molecule has 6 heteroatoms. The zero-order chi connectivity index (χ0) is 17.6. The molecule has 0 atom stereocenters. The Balaban J connectivity index is 1.75. The molecule has 0 amide bonds. The highest BCUT2D eigenvalue weighted by molar-refractivity contribution is 5.95. The molecule has 0 fully saturated rings. The minimum atomic E-state index is 0.0199. The van der Waals surface area contributed by atoms with E-state index in [0.717, 1.165) is 17.1 Å². The first-order chi connectivity index (χ1) is 12.1. The molecule has 2 aromatic heterocycles. The Morgan fingerprint density at radius 2 is 1.96 bits per heavy atom. The number of nitrogens with zero attached hydrogens (tertiary/aromatic N) is 3. The summed E-state index contributed by atoms with van der Waals surface area (Å²) in [7, 11) is 0. The summed E-state index contributed by atoms with van der Waals surface area (Å²) in [5, 5.41) is 6.40. The molecule has 0 bridgehead atoms. The van der Waals surface area contributed by atoms with E-state index in [1.165, 1.54) is 0 Å². The summed E-state index contributed by atoms with van der Waals surface area (Å²) in [5.41, 5.74) is 3.19. The van der Waals surface area contributed by atoms with Gasteiger partial charge in [-0.3, -0.25) is 9.78 Å². The third-order valence-electron chi connectivity index (χ3n) is 3.56. The van der Waals surface area contributed by atoms with Gasteiger partial charge in [-0.05, 0) is 38.1 Å². The average molecular weight is 333 g/mol. The number of ketones is 1. The molecule has 3 aromatic rings. The van der Waals surface area contributed by atoms with Gasteiger partial charge in [0.05, 0.1) is 12.2 Å². The third kappa shape index (κ3) is 4.60. The van der Waals surface area contributed by atoms with Crippen LogP contribution < -0.4 is 10.6 Å². The first-order valence-corrected chi connectivity index (χ1v) is 7.97. The Kier molecular flexibility index (Phi) is 4.99. The van der Waals surface area contributed by atoms with Gasteiger partial charge in [-0.15, -0.1) is 0 Å². The number of hydrogen-bond donors (Lipinski definition) is 2. The van der Waals surface area contributed by atoms with E-state index in [1.54, 1.807) is 25.3 Å². The maximum atomic E-state index is 11.5. The second-order valence-corrected chi connectivity index (χ2v) is 5.65. The predicted molar refractivity (Wildman–Crippen MR) is 98.1 cm³/mol. The van der Waals surface area contributed by atoms with Gasteiger partial charge in [0, 0.05) is 29.2 Å². The van der Waals surface area contributed by atoms with E-state index in [9.17, 15) is 4.79 Å². The zero-order valence-corrected chi connectivity index (χ0v) is 14.2. The van der Waals surface area contributed by atoms with Crippen molar-refractivity contribution in [3.8, 4) is 0 Å². The number of carbonyl (C=O) groups excluding carboxylic acids is 1. The number of benzene rings is 1. The molecular weight excluding hydrogens is 314 g/mol. The fourth-order valence-electron chi connectivity index (χ4n) is 2.34. The Bertz CT molecular complexity index is 880. The first-order valence-electron chi connectivity index (χ1n) is 7.97. The van der Waals surface area contributed by atoms with Crippen LogP contribution in [0, 0.1) is 6.92 Å². The van der Waals surface area contributed by atoms with Crippen LogP contribution in [-0.4, -0.2) is 20.7 Å². The van der Waals surface area contributed by atoms with E-state index in [2.05, 4.69) is 25.6 Å². The van der Waals surface area contributed by atoms with Crippen LogP contribution in [-0.2, 0) is 6.54 Å². The lowest BCUT2D eigenvalue weighted by Gasteiger charge is -2.10. The van der Waals surface area contributed by atoms with Gasteiger partial charge < -0.3 is 10.6 Å². The fourth-order valence-corrected chi connectivity index (χ4v) is 2.34. The Morgan fingerprint density at radius 1 is 1.08 bits per heavy atom. The summed E-state index contributed by atoms with van der Waals surface area (Å²) in [6.45, 7) is 4.03. The highest BCUT2D eigenvalue weighted by Gasteiger charge is 2.05. The molecule has 0 aliphatic carbocycles. The molecule has 0 unspecified atom stereocenters. The van der Waals surface area contributed by atoms with Crippen LogP contribution in [0.15, 0.2) is 54.7 Å². The number of rotatable bonds is 6. The standard InChI is InChI=1S/C19H19N5O/c1-13-10-18(21-12-17-7-3-4-9-20-17)24-19(22-13)23-16-8-5-6-15(11-16)14(2)25/h3-11H,12H2,1-2H3,(H2,21,22,23,24). The van der Waals surface area contributed by atoms with Crippen LogP contribution in [0.4, 0.5) is 17.5 Å². The molecule has 0 aliphatic heterocycles. The van der Waals surface area contributed by atoms with E-state index >= 15 is 0 Å². The summed E-state index contributed by atoms with van der Waals surface area (Å²) in [6.07, 6.45) is 1.76. The molecule has 0 aliphatic rings. The number of anilines is 3. The van der Waals surface area contributed by atoms with Gasteiger partial charge in [0.2, 0.25) is 5.95 Å². The van der Waals surface area contributed by atoms with Gasteiger partial charge in [0.1, 0.15) is 5.82 Å². The maximum Gasteiger partial charge on any atom is 0.229 e. The monoisotopic (exact) mass is 333 g/mol.